The molecule has 1 atom stereocenters. The van der Waals surface area contributed by atoms with Crippen molar-refractivity contribution in [2.75, 3.05) is 18.0 Å². The number of hydrogen-bond acceptors (Lipinski definition) is 4. The summed E-state index contributed by atoms with van der Waals surface area (Å²) in [5.41, 5.74) is 0.702. The van der Waals surface area contributed by atoms with Gasteiger partial charge in [-0.25, -0.2) is 9.97 Å². The number of imidazole rings is 1. The van der Waals surface area contributed by atoms with Crippen molar-refractivity contribution in [1.82, 2.24) is 19.9 Å². The average molecular weight is 353 g/mol. The van der Waals surface area contributed by atoms with Crippen molar-refractivity contribution >= 4 is 11.7 Å². The highest BCUT2D eigenvalue weighted by atomic mass is 16.1. The molecule has 4 rings (SSSR count). The largest absolute Gasteiger partial charge is 0.356 e. The van der Waals surface area contributed by atoms with Crippen LogP contribution in [0.1, 0.15) is 67.7 Å². The highest BCUT2D eigenvalue weighted by Crippen LogP contribution is 2.30. The van der Waals surface area contributed by atoms with Gasteiger partial charge < -0.3 is 14.8 Å². The lowest BCUT2D eigenvalue weighted by Crippen LogP contribution is -2.36. The third-order valence-electron chi connectivity index (χ3n) is 5.29. The van der Waals surface area contributed by atoms with E-state index in [0.717, 1.165) is 50.4 Å². The molecule has 1 N–H and O–H groups in total. The van der Waals surface area contributed by atoms with Crippen LogP contribution in [0.5, 0.6) is 0 Å². The average Bonchev–Trinajstić information content (AvgIpc) is 3.33. The number of pyridine rings is 1. The van der Waals surface area contributed by atoms with Crippen molar-refractivity contribution in [2.45, 2.75) is 57.5 Å². The number of amides is 1. The Bertz CT molecular complexity index is 780. The number of nitrogens with zero attached hydrogens (tertiary/aromatic N) is 4. The van der Waals surface area contributed by atoms with E-state index >= 15 is 0 Å². The molecule has 0 spiro atoms. The first kappa shape index (κ1) is 17.1. The second-order valence-corrected chi connectivity index (χ2v) is 7.72. The maximum Gasteiger partial charge on any atom is 0.251 e. The molecule has 0 unspecified atom stereocenters. The van der Waals surface area contributed by atoms with E-state index in [1.165, 1.54) is 0 Å². The van der Waals surface area contributed by atoms with Crippen LogP contribution < -0.4 is 10.2 Å². The van der Waals surface area contributed by atoms with Crippen molar-refractivity contribution in [2.24, 2.45) is 0 Å². The van der Waals surface area contributed by atoms with Crippen LogP contribution in [-0.2, 0) is 0 Å². The Kier molecular flexibility index (Phi) is 4.66. The molecule has 2 fully saturated rings. The Morgan fingerprint density at radius 2 is 2.08 bits per heavy atom. The van der Waals surface area contributed by atoms with E-state index in [-0.39, 0.29) is 5.91 Å². The van der Waals surface area contributed by atoms with Gasteiger partial charge in [-0.3, -0.25) is 4.79 Å². The third kappa shape index (κ3) is 3.59. The Hall–Kier alpha value is -2.37. The molecule has 2 aromatic rings. The summed E-state index contributed by atoms with van der Waals surface area (Å²) >= 11 is 0. The van der Waals surface area contributed by atoms with Gasteiger partial charge in [-0.2, -0.15) is 0 Å². The molecule has 3 heterocycles. The van der Waals surface area contributed by atoms with Crippen molar-refractivity contribution < 1.29 is 4.79 Å². The van der Waals surface area contributed by atoms with Crippen molar-refractivity contribution in [3.8, 4) is 0 Å². The minimum Gasteiger partial charge on any atom is -0.356 e. The van der Waals surface area contributed by atoms with Gasteiger partial charge in [0.2, 0.25) is 0 Å². The van der Waals surface area contributed by atoms with E-state index < -0.39 is 0 Å². The lowest BCUT2D eigenvalue weighted by molar-refractivity contribution is 0.0951. The second-order valence-electron chi connectivity index (χ2n) is 7.72. The smallest absolute Gasteiger partial charge is 0.251 e. The van der Waals surface area contributed by atoms with Crippen LogP contribution in [0.25, 0.3) is 0 Å². The van der Waals surface area contributed by atoms with Gasteiger partial charge in [-0.15, -0.1) is 0 Å². The zero-order valence-corrected chi connectivity index (χ0v) is 15.6. The van der Waals surface area contributed by atoms with Gasteiger partial charge in [0, 0.05) is 55.2 Å². The molecule has 1 aliphatic carbocycles. The number of hydrogen-bond donors (Lipinski definition) is 1. The van der Waals surface area contributed by atoms with E-state index in [0.29, 0.717) is 23.6 Å². The summed E-state index contributed by atoms with van der Waals surface area (Å²) in [5, 5.41) is 3.05. The molecule has 1 saturated carbocycles. The summed E-state index contributed by atoms with van der Waals surface area (Å²) in [6, 6.07) is 4.51. The molecule has 0 bridgehead atoms. The van der Waals surface area contributed by atoms with Gasteiger partial charge >= 0.3 is 0 Å². The summed E-state index contributed by atoms with van der Waals surface area (Å²) in [7, 11) is 0. The lowest BCUT2D eigenvalue weighted by atomic mass is 9.96. The van der Waals surface area contributed by atoms with Gasteiger partial charge in [0.05, 0.1) is 0 Å². The Balaban J connectivity index is 1.50. The highest BCUT2D eigenvalue weighted by molar-refractivity contribution is 5.95. The van der Waals surface area contributed by atoms with Crippen molar-refractivity contribution in [1.29, 1.82) is 0 Å². The predicted octanol–water partition coefficient (Wildman–Crippen LogP) is 3.14. The number of nitrogens with one attached hydrogen (secondary N) is 1. The summed E-state index contributed by atoms with van der Waals surface area (Å²) in [6.45, 7) is 6.24. The Labute approximate surface area is 154 Å². The molecule has 1 amide bonds. The van der Waals surface area contributed by atoms with Crippen LogP contribution in [0.2, 0.25) is 0 Å². The molecule has 1 aliphatic heterocycles. The number of anilines is 1. The van der Waals surface area contributed by atoms with Crippen LogP contribution >= 0.6 is 0 Å². The predicted molar refractivity (Wildman–Crippen MR) is 102 cm³/mol. The van der Waals surface area contributed by atoms with Gasteiger partial charge in [-0.05, 0) is 51.7 Å². The van der Waals surface area contributed by atoms with Crippen molar-refractivity contribution in [3.05, 3.63) is 42.1 Å². The lowest BCUT2D eigenvalue weighted by Gasteiger charge is -2.34. The van der Waals surface area contributed by atoms with Gasteiger partial charge in [0.25, 0.3) is 5.91 Å². The maximum atomic E-state index is 12.3. The summed E-state index contributed by atoms with van der Waals surface area (Å²) in [4.78, 5) is 23.8. The van der Waals surface area contributed by atoms with E-state index in [9.17, 15) is 4.79 Å². The third-order valence-corrected chi connectivity index (χ3v) is 5.29. The standard InChI is InChI=1S/C20H27N5O/c1-14(2)25-11-9-22-19(25)16-4-3-10-24(13-16)18-12-15(7-8-21-18)20(26)23-17-5-6-17/h7-9,11-12,14,16-17H,3-6,10,13H2,1-2H3,(H,23,26)/t16-/m1/s1. The number of aromatic nitrogens is 3. The number of piperidine rings is 1. The summed E-state index contributed by atoms with van der Waals surface area (Å²) in [6.07, 6.45) is 10.2. The fraction of sp³-hybridized carbons (Fsp3) is 0.550. The molecule has 6 nitrogen and oxygen atoms in total. The van der Waals surface area contributed by atoms with Crippen LogP contribution in [-0.4, -0.2) is 39.6 Å². The minimum atomic E-state index is 0.0139. The van der Waals surface area contributed by atoms with E-state index in [1.54, 1.807) is 12.3 Å². The first-order valence-corrected chi connectivity index (χ1v) is 9.66. The molecule has 1 saturated heterocycles. The minimum absolute atomic E-state index is 0.0139. The molecule has 2 aliphatic rings. The zero-order chi connectivity index (χ0) is 18.1. The Morgan fingerprint density at radius 3 is 2.85 bits per heavy atom. The van der Waals surface area contributed by atoms with Crippen LogP contribution in [0, 0.1) is 0 Å². The van der Waals surface area contributed by atoms with E-state index in [1.807, 2.05) is 12.3 Å². The number of carbonyl (C=O) groups is 1. The molecule has 26 heavy (non-hydrogen) atoms. The van der Waals surface area contributed by atoms with Crippen LogP contribution in [0.4, 0.5) is 5.82 Å². The number of rotatable bonds is 5. The quantitative estimate of drug-likeness (QED) is 0.897. The molecule has 0 radical (unpaired) electrons. The second kappa shape index (κ2) is 7.09. The zero-order valence-electron chi connectivity index (χ0n) is 15.6. The first-order chi connectivity index (χ1) is 12.6. The van der Waals surface area contributed by atoms with Crippen LogP contribution in [0.15, 0.2) is 30.7 Å². The van der Waals surface area contributed by atoms with E-state index in [2.05, 4.69) is 44.8 Å². The maximum absolute atomic E-state index is 12.3. The van der Waals surface area contributed by atoms with Crippen molar-refractivity contribution in [3.63, 3.8) is 0 Å². The molecule has 2 aromatic heterocycles. The molecule has 138 valence electrons. The molecular weight excluding hydrogens is 326 g/mol. The van der Waals surface area contributed by atoms with Crippen LogP contribution in [0.3, 0.4) is 0 Å². The topological polar surface area (TPSA) is 63.1 Å². The van der Waals surface area contributed by atoms with Gasteiger partial charge in [-0.1, -0.05) is 0 Å². The monoisotopic (exact) mass is 353 g/mol. The fourth-order valence-corrected chi connectivity index (χ4v) is 3.70. The summed E-state index contributed by atoms with van der Waals surface area (Å²) < 4.78 is 2.26. The van der Waals surface area contributed by atoms with Gasteiger partial charge in [0.1, 0.15) is 11.6 Å². The highest BCUT2D eigenvalue weighted by Gasteiger charge is 2.27. The number of carbonyl (C=O) groups excluding carboxylic acids is 1. The fourth-order valence-electron chi connectivity index (χ4n) is 3.70. The first-order valence-electron chi connectivity index (χ1n) is 9.66. The SMILES string of the molecule is CC(C)n1ccnc1[C@@H]1CCCN(c2cc(C(=O)NC3CC3)ccn2)C1. The molecular formula is C20H27N5O. The van der Waals surface area contributed by atoms with Gasteiger partial charge in [0.15, 0.2) is 0 Å². The molecule has 6 heteroatoms. The summed E-state index contributed by atoms with van der Waals surface area (Å²) in [5.74, 6) is 2.46. The molecule has 0 aromatic carbocycles. The normalized spacial score (nSPS) is 20.4. The van der Waals surface area contributed by atoms with E-state index in [4.69, 9.17) is 0 Å². The Morgan fingerprint density at radius 1 is 1.23 bits per heavy atom.